The van der Waals surface area contributed by atoms with Crippen LogP contribution in [0, 0.1) is 11.6 Å². The summed E-state index contributed by atoms with van der Waals surface area (Å²) in [6.07, 6.45) is 2.13. The number of amides is 1. The molecule has 130 valence electrons. The van der Waals surface area contributed by atoms with E-state index in [-0.39, 0.29) is 23.6 Å². The Labute approximate surface area is 145 Å². The molecule has 25 heavy (non-hydrogen) atoms. The molecule has 2 aliphatic heterocycles. The largest absolute Gasteiger partial charge is 0.344 e. The molecule has 2 aromatic carbocycles. The van der Waals surface area contributed by atoms with Crippen LogP contribution >= 0.6 is 0 Å². The molecule has 0 unspecified atom stereocenters. The number of rotatable bonds is 2. The Balaban J connectivity index is 1.67. The van der Waals surface area contributed by atoms with Crippen molar-refractivity contribution in [1.82, 2.24) is 10.2 Å². The number of nitrogens with zero attached hydrogens (tertiary/aromatic N) is 1. The maximum atomic E-state index is 14.5. The zero-order valence-electron chi connectivity index (χ0n) is 14.1. The first kappa shape index (κ1) is 16.2. The average molecular weight is 342 g/mol. The van der Waals surface area contributed by atoms with Gasteiger partial charge < -0.3 is 4.90 Å². The van der Waals surface area contributed by atoms with Gasteiger partial charge in [-0.05, 0) is 43.0 Å². The molecule has 3 nitrogen and oxygen atoms in total. The van der Waals surface area contributed by atoms with Crippen LogP contribution in [-0.4, -0.2) is 29.9 Å². The quantitative estimate of drug-likeness (QED) is 0.903. The molecule has 2 atom stereocenters. The minimum atomic E-state index is -0.570. The van der Waals surface area contributed by atoms with Gasteiger partial charge in [-0.25, -0.2) is 8.78 Å². The molecule has 0 aromatic heterocycles. The van der Waals surface area contributed by atoms with Crippen molar-refractivity contribution in [1.29, 1.82) is 0 Å². The summed E-state index contributed by atoms with van der Waals surface area (Å²) in [5.41, 5.74) is 1.03. The Morgan fingerprint density at radius 1 is 1.12 bits per heavy atom. The first-order chi connectivity index (χ1) is 12.0. The zero-order valence-corrected chi connectivity index (χ0v) is 14.1. The average Bonchev–Trinajstić information content (AvgIpc) is 3.16. The van der Waals surface area contributed by atoms with Crippen LogP contribution in [0.5, 0.6) is 0 Å². The third-order valence-corrected chi connectivity index (χ3v) is 5.50. The van der Waals surface area contributed by atoms with E-state index in [2.05, 4.69) is 5.32 Å². The minimum Gasteiger partial charge on any atom is -0.344 e. The van der Waals surface area contributed by atoms with Gasteiger partial charge in [-0.2, -0.15) is 0 Å². The second kappa shape index (κ2) is 5.92. The molecule has 1 amide bonds. The van der Waals surface area contributed by atoms with Crippen LogP contribution < -0.4 is 5.32 Å². The molecular formula is C20H20F2N2O. The highest BCUT2D eigenvalue weighted by molar-refractivity contribution is 5.88. The van der Waals surface area contributed by atoms with Crippen LogP contribution in [0.4, 0.5) is 8.78 Å². The number of hydrogen-bond acceptors (Lipinski definition) is 2. The molecular weight excluding hydrogens is 322 g/mol. The van der Waals surface area contributed by atoms with Gasteiger partial charge in [0.2, 0.25) is 5.91 Å². The molecule has 2 saturated heterocycles. The van der Waals surface area contributed by atoms with E-state index in [0.29, 0.717) is 29.5 Å². The Bertz CT molecular complexity index is 838. The predicted octanol–water partition coefficient (Wildman–Crippen LogP) is 3.66. The van der Waals surface area contributed by atoms with E-state index in [4.69, 9.17) is 0 Å². The second-order valence-corrected chi connectivity index (χ2v) is 7.01. The fraction of sp³-hybridized carbons (Fsp3) is 0.350. The van der Waals surface area contributed by atoms with Gasteiger partial charge in [-0.15, -0.1) is 0 Å². The summed E-state index contributed by atoms with van der Waals surface area (Å²) in [5.74, 6) is -0.572. The normalized spacial score (nSPS) is 26.0. The molecule has 0 bridgehead atoms. The van der Waals surface area contributed by atoms with Gasteiger partial charge in [-0.3, -0.25) is 10.1 Å². The zero-order chi connectivity index (χ0) is 17.6. The molecule has 5 heteroatoms. The maximum Gasteiger partial charge on any atom is 0.242 e. The van der Waals surface area contributed by atoms with Gasteiger partial charge in [0.05, 0.1) is 0 Å². The van der Waals surface area contributed by atoms with Crippen LogP contribution in [0.2, 0.25) is 0 Å². The molecule has 0 aliphatic carbocycles. The molecule has 2 aromatic rings. The third kappa shape index (κ3) is 2.63. The first-order valence-corrected chi connectivity index (χ1v) is 8.58. The number of likely N-dealkylation sites (tertiary alicyclic amines) is 1. The molecule has 1 N–H and O–H groups in total. The van der Waals surface area contributed by atoms with Gasteiger partial charge >= 0.3 is 0 Å². The van der Waals surface area contributed by atoms with Crippen molar-refractivity contribution in [2.75, 3.05) is 13.6 Å². The summed E-state index contributed by atoms with van der Waals surface area (Å²) in [6, 6.07) is 10.9. The monoisotopic (exact) mass is 342 g/mol. The van der Waals surface area contributed by atoms with Crippen LogP contribution in [0.25, 0.3) is 11.1 Å². The molecule has 4 rings (SSSR count). The smallest absolute Gasteiger partial charge is 0.242 e. The SMILES string of the molecule is CN1CC[C@@]2(CC[C@@H](c3cc(-c4ccccc4F)ccc3F)N2)C1=O. The summed E-state index contributed by atoms with van der Waals surface area (Å²) in [6.45, 7) is 0.719. The molecule has 2 fully saturated rings. The van der Waals surface area contributed by atoms with Gasteiger partial charge in [0, 0.05) is 30.8 Å². The highest BCUT2D eigenvalue weighted by Crippen LogP contribution is 2.40. The Kier molecular flexibility index (Phi) is 3.84. The molecule has 0 saturated carbocycles. The van der Waals surface area contributed by atoms with E-state index in [9.17, 15) is 13.6 Å². The highest BCUT2D eigenvalue weighted by Gasteiger charge is 2.50. The van der Waals surface area contributed by atoms with Crippen molar-refractivity contribution in [3.63, 3.8) is 0 Å². The van der Waals surface area contributed by atoms with Crippen molar-refractivity contribution < 1.29 is 13.6 Å². The Morgan fingerprint density at radius 2 is 1.92 bits per heavy atom. The number of carbonyl (C=O) groups is 1. The minimum absolute atomic E-state index is 0.0840. The van der Waals surface area contributed by atoms with E-state index in [1.54, 1.807) is 42.3 Å². The standard InChI is InChI=1S/C20H20F2N2O/c1-24-11-10-20(19(24)25)9-8-18(23-20)15-12-13(6-7-17(15)22)14-4-2-3-5-16(14)21/h2-7,12,18,23H,8-11H2,1H3/t18-,20-/m0/s1. The van der Waals surface area contributed by atoms with Crippen LogP contribution in [0.15, 0.2) is 42.5 Å². The lowest BCUT2D eigenvalue weighted by atomic mass is 9.95. The van der Waals surface area contributed by atoms with Crippen LogP contribution in [0.1, 0.15) is 30.9 Å². The maximum absolute atomic E-state index is 14.5. The molecule has 1 spiro atoms. The van der Waals surface area contributed by atoms with E-state index < -0.39 is 5.54 Å². The number of hydrogen-bond donors (Lipinski definition) is 1. The van der Waals surface area contributed by atoms with Crippen LogP contribution in [-0.2, 0) is 4.79 Å². The van der Waals surface area contributed by atoms with Crippen molar-refractivity contribution in [2.24, 2.45) is 0 Å². The van der Waals surface area contributed by atoms with Crippen LogP contribution in [0.3, 0.4) is 0 Å². The number of nitrogens with one attached hydrogen (secondary N) is 1. The lowest BCUT2D eigenvalue weighted by molar-refractivity contribution is -0.131. The summed E-state index contributed by atoms with van der Waals surface area (Å²) < 4.78 is 28.5. The fourth-order valence-electron chi connectivity index (χ4n) is 4.07. The Hall–Kier alpha value is -2.27. The molecule has 0 radical (unpaired) electrons. The molecule has 2 heterocycles. The number of likely N-dealkylation sites (N-methyl/N-ethyl adjacent to an activating group) is 1. The van der Waals surface area contributed by atoms with Gasteiger partial charge in [0.1, 0.15) is 17.2 Å². The lowest BCUT2D eigenvalue weighted by Crippen LogP contribution is -2.47. The van der Waals surface area contributed by atoms with Crippen molar-refractivity contribution in [3.8, 4) is 11.1 Å². The third-order valence-electron chi connectivity index (χ3n) is 5.50. The number of halogens is 2. The van der Waals surface area contributed by atoms with Crippen molar-refractivity contribution in [3.05, 3.63) is 59.7 Å². The summed E-state index contributed by atoms with van der Waals surface area (Å²) in [5, 5.41) is 3.37. The summed E-state index contributed by atoms with van der Waals surface area (Å²) in [4.78, 5) is 14.2. The van der Waals surface area contributed by atoms with Crippen molar-refractivity contribution in [2.45, 2.75) is 30.8 Å². The predicted molar refractivity (Wildman–Crippen MR) is 91.9 cm³/mol. The fourth-order valence-corrected chi connectivity index (χ4v) is 4.07. The lowest BCUT2D eigenvalue weighted by Gasteiger charge is -2.24. The second-order valence-electron chi connectivity index (χ2n) is 7.01. The summed E-state index contributed by atoms with van der Waals surface area (Å²) in [7, 11) is 1.80. The van der Waals surface area contributed by atoms with Gasteiger partial charge in [-0.1, -0.05) is 24.3 Å². The van der Waals surface area contributed by atoms with E-state index in [0.717, 1.165) is 13.0 Å². The van der Waals surface area contributed by atoms with Gasteiger partial charge in [0.25, 0.3) is 0 Å². The highest BCUT2D eigenvalue weighted by atomic mass is 19.1. The van der Waals surface area contributed by atoms with E-state index in [1.165, 1.54) is 12.1 Å². The Morgan fingerprint density at radius 3 is 2.64 bits per heavy atom. The number of benzene rings is 2. The number of carbonyl (C=O) groups excluding carboxylic acids is 1. The first-order valence-electron chi connectivity index (χ1n) is 8.58. The topological polar surface area (TPSA) is 32.3 Å². The molecule has 2 aliphatic rings. The van der Waals surface area contributed by atoms with Gasteiger partial charge in [0.15, 0.2) is 0 Å². The van der Waals surface area contributed by atoms with E-state index >= 15 is 0 Å². The van der Waals surface area contributed by atoms with Crippen molar-refractivity contribution >= 4 is 5.91 Å². The van der Waals surface area contributed by atoms with E-state index in [1.807, 2.05) is 0 Å². The summed E-state index contributed by atoms with van der Waals surface area (Å²) >= 11 is 0.